The van der Waals surface area contributed by atoms with Gasteiger partial charge in [-0.2, -0.15) is 0 Å². The molecule has 3 N–H and O–H groups in total. The van der Waals surface area contributed by atoms with Crippen molar-refractivity contribution in [2.45, 2.75) is 362 Å². The molecule has 516 valence electrons. The van der Waals surface area contributed by atoms with Crippen LogP contribution >= 0.6 is 15.6 Å². The highest BCUT2D eigenvalue weighted by molar-refractivity contribution is 7.47. The summed E-state index contributed by atoms with van der Waals surface area (Å²) in [5, 5.41) is 10.5. The summed E-state index contributed by atoms with van der Waals surface area (Å²) < 4.78 is 68.0. The first-order valence-corrected chi connectivity index (χ1v) is 38.5. The van der Waals surface area contributed by atoms with Gasteiger partial charge >= 0.3 is 39.5 Å². The molecule has 5 atom stereocenters. The Morgan fingerprint density at radius 2 is 0.529 bits per heavy atom. The number of esters is 4. The Hall–Kier alpha value is -1.94. The third-order valence-electron chi connectivity index (χ3n) is 15.7. The van der Waals surface area contributed by atoms with Crippen LogP contribution in [0.3, 0.4) is 0 Å². The van der Waals surface area contributed by atoms with E-state index in [1.807, 2.05) is 0 Å². The highest BCUT2D eigenvalue weighted by atomic mass is 31.2. The first-order valence-electron chi connectivity index (χ1n) is 35.5. The van der Waals surface area contributed by atoms with E-state index in [1.165, 1.54) is 141 Å². The number of ether oxygens (including phenoxy) is 4. The van der Waals surface area contributed by atoms with E-state index < -0.39 is 97.5 Å². The Morgan fingerprint density at radius 1 is 0.310 bits per heavy atom. The Bertz CT molecular complexity index is 1700. The highest BCUT2D eigenvalue weighted by Crippen LogP contribution is 2.45. The summed E-state index contributed by atoms with van der Waals surface area (Å²) in [7, 11) is -9.89. The van der Waals surface area contributed by atoms with E-state index in [1.54, 1.807) is 0 Å². The minimum absolute atomic E-state index is 0.104. The van der Waals surface area contributed by atoms with Gasteiger partial charge in [0.05, 0.1) is 26.4 Å². The van der Waals surface area contributed by atoms with Gasteiger partial charge in [-0.25, -0.2) is 9.13 Å². The van der Waals surface area contributed by atoms with Gasteiger partial charge in [0, 0.05) is 25.7 Å². The second-order valence-corrected chi connectivity index (χ2v) is 28.4. The lowest BCUT2D eigenvalue weighted by atomic mass is 10.0. The quantitative estimate of drug-likeness (QED) is 0.0222. The molecule has 0 aromatic carbocycles. The number of aliphatic hydroxyl groups is 1. The summed E-state index contributed by atoms with van der Waals surface area (Å²) in [6.45, 7) is 9.50. The summed E-state index contributed by atoms with van der Waals surface area (Å²) in [5.41, 5.74) is 0. The van der Waals surface area contributed by atoms with Crippen molar-refractivity contribution in [3.05, 3.63) is 0 Å². The number of rotatable bonds is 67. The van der Waals surface area contributed by atoms with E-state index in [-0.39, 0.29) is 25.7 Å². The van der Waals surface area contributed by atoms with Crippen molar-refractivity contribution in [3.63, 3.8) is 0 Å². The molecule has 19 heteroatoms. The fourth-order valence-electron chi connectivity index (χ4n) is 10.2. The van der Waals surface area contributed by atoms with Crippen LogP contribution in [-0.2, 0) is 65.4 Å². The third-order valence-corrected chi connectivity index (χ3v) is 17.6. The molecule has 0 heterocycles. The Morgan fingerprint density at radius 3 is 0.782 bits per heavy atom. The number of unbranched alkanes of at least 4 members (excludes halogenated alkanes) is 37. The van der Waals surface area contributed by atoms with Crippen LogP contribution < -0.4 is 0 Å². The van der Waals surface area contributed by atoms with Crippen molar-refractivity contribution in [2.24, 2.45) is 11.8 Å². The zero-order chi connectivity index (χ0) is 64.3. The molecular weight excluding hydrogens is 1150 g/mol. The van der Waals surface area contributed by atoms with E-state index in [0.717, 1.165) is 121 Å². The molecule has 0 amide bonds. The minimum atomic E-state index is -4.95. The fraction of sp³-hybridized carbons (Fsp3) is 0.941. The SMILES string of the molecule is CCCCCCCCCCC(=O)O[C@H](COC(=O)CCCCCCCCC)COP(=O)(O)OC[C@H](O)COP(=O)(O)OC[C@@H](COC(=O)CCCCCCCCCCCCCCCC(C)C)OC(=O)CCCCCCCCCCCCCCCC(C)C. The molecule has 0 aliphatic carbocycles. The number of carbonyl (C=O) groups excluding carboxylic acids is 4. The molecule has 0 spiro atoms. The molecule has 87 heavy (non-hydrogen) atoms. The average Bonchev–Trinajstić information content (AvgIpc) is 3.69. The average molecular weight is 1280 g/mol. The van der Waals surface area contributed by atoms with Crippen molar-refractivity contribution in [1.82, 2.24) is 0 Å². The summed E-state index contributed by atoms with van der Waals surface area (Å²) >= 11 is 0. The zero-order valence-electron chi connectivity index (χ0n) is 56.3. The van der Waals surface area contributed by atoms with Crippen molar-refractivity contribution in [1.29, 1.82) is 0 Å². The summed E-state index contributed by atoms with van der Waals surface area (Å²) in [5.74, 6) is -0.556. The van der Waals surface area contributed by atoms with E-state index in [4.69, 9.17) is 37.0 Å². The van der Waals surface area contributed by atoms with Gasteiger partial charge < -0.3 is 33.8 Å². The summed E-state index contributed by atoms with van der Waals surface area (Å²) in [6.07, 6.45) is 44.6. The molecule has 0 aromatic heterocycles. The van der Waals surface area contributed by atoms with Crippen molar-refractivity contribution < 1.29 is 80.2 Å². The molecule has 0 aromatic rings. The maximum Gasteiger partial charge on any atom is 0.472 e. The second kappa shape index (κ2) is 60.3. The number of phosphoric ester groups is 2. The van der Waals surface area contributed by atoms with Gasteiger partial charge in [-0.3, -0.25) is 37.3 Å². The molecule has 0 bridgehead atoms. The lowest BCUT2D eigenvalue weighted by Gasteiger charge is -2.21. The van der Waals surface area contributed by atoms with Crippen LogP contribution in [0.5, 0.6) is 0 Å². The highest BCUT2D eigenvalue weighted by Gasteiger charge is 2.30. The predicted octanol–water partition coefficient (Wildman–Crippen LogP) is 19.2. The first-order chi connectivity index (χ1) is 41.9. The largest absolute Gasteiger partial charge is 0.472 e. The number of aliphatic hydroxyl groups excluding tert-OH is 1. The number of carbonyl (C=O) groups is 4. The predicted molar refractivity (Wildman–Crippen MR) is 349 cm³/mol. The van der Waals surface area contributed by atoms with Gasteiger partial charge in [0.2, 0.25) is 0 Å². The Kier molecular flexibility index (Phi) is 59.0. The van der Waals surface area contributed by atoms with E-state index in [0.29, 0.717) is 25.7 Å². The van der Waals surface area contributed by atoms with E-state index in [2.05, 4.69) is 41.5 Å². The van der Waals surface area contributed by atoms with Gasteiger partial charge in [-0.05, 0) is 37.5 Å². The topological polar surface area (TPSA) is 237 Å². The van der Waals surface area contributed by atoms with Crippen LogP contribution in [0.4, 0.5) is 0 Å². The lowest BCUT2D eigenvalue weighted by Crippen LogP contribution is -2.30. The van der Waals surface area contributed by atoms with Gasteiger partial charge in [-0.1, -0.05) is 292 Å². The van der Waals surface area contributed by atoms with Gasteiger partial charge in [-0.15, -0.1) is 0 Å². The summed E-state index contributed by atoms with van der Waals surface area (Å²) in [6, 6.07) is 0. The molecule has 0 fully saturated rings. The molecule has 0 saturated heterocycles. The standard InChI is InChI=1S/C68H132O17P2/c1-7-9-11-13-15-33-40-46-52-67(72)84-63(56-78-65(70)50-44-38-30-14-12-10-8-2)58-82-86(74,75)80-54-62(69)55-81-87(76,77)83-59-64(85-68(73)53-47-41-35-29-25-21-17-19-23-27-32-37-43-49-61(5)6)57-79-66(71)51-45-39-34-28-24-20-16-18-22-26-31-36-42-48-60(3)4/h60-64,69H,7-59H2,1-6H3,(H,74,75)(H,76,77)/t62-,63+,64+/m0/s1. The molecule has 0 aliphatic heterocycles. The van der Waals surface area contributed by atoms with E-state index in [9.17, 15) is 43.2 Å². The minimum Gasteiger partial charge on any atom is -0.462 e. The number of phosphoric acid groups is 2. The van der Waals surface area contributed by atoms with E-state index >= 15 is 0 Å². The third kappa shape index (κ3) is 62.6. The molecule has 17 nitrogen and oxygen atoms in total. The summed E-state index contributed by atoms with van der Waals surface area (Å²) in [4.78, 5) is 72.2. The maximum atomic E-state index is 13.0. The number of hydrogen-bond acceptors (Lipinski definition) is 15. The smallest absolute Gasteiger partial charge is 0.462 e. The van der Waals surface area contributed by atoms with Crippen molar-refractivity contribution in [2.75, 3.05) is 39.6 Å². The van der Waals surface area contributed by atoms with Gasteiger partial charge in [0.1, 0.15) is 19.3 Å². The Labute approximate surface area is 530 Å². The first kappa shape index (κ1) is 85.1. The van der Waals surface area contributed by atoms with Crippen molar-refractivity contribution >= 4 is 39.5 Å². The molecule has 0 aliphatic rings. The second-order valence-electron chi connectivity index (χ2n) is 25.5. The van der Waals surface area contributed by atoms with Crippen LogP contribution in [0.1, 0.15) is 343 Å². The molecule has 2 unspecified atom stereocenters. The molecular formula is C68H132O17P2. The lowest BCUT2D eigenvalue weighted by molar-refractivity contribution is -0.161. The zero-order valence-corrected chi connectivity index (χ0v) is 58.1. The van der Waals surface area contributed by atoms with Crippen LogP contribution in [0.2, 0.25) is 0 Å². The van der Waals surface area contributed by atoms with Gasteiger partial charge in [0.15, 0.2) is 12.2 Å². The van der Waals surface area contributed by atoms with Crippen LogP contribution in [0, 0.1) is 11.8 Å². The number of hydrogen-bond donors (Lipinski definition) is 3. The molecule has 0 rings (SSSR count). The van der Waals surface area contributed by atoms with Gasteiger partial charge in [0.25, 0.3) is 0 Å². The monoisotopic (exact) mass is 1280 g/mol. The fourth-order valence-corrected chi connectivity index (χ4v) is 11.8. The molecule has 0 saturated carbocycles. The maximum absolute atomic E-state index is 13.0. The van der Waals surface area contributed by atoms with Crippen LogP contribution in [-0.4, -0.2) is 96.7 Å². The normalized spacial score (nSPS) is 14.2. The van der Waals surface area contributed by atoms with Crippen molar-refractivity contribution in [3.8, 4) is 0 Å². The van der Waals surface area contributed by atoms with Crippen LogP contribution in [0.15, 0.2) is 0 Å². The van der Waals surface area contributed by atoms with Crippen LogP contribution in [0.25, 0.3) is 0 Å². The Balaban J connectivity index is 5.18. The molecule has 0 radical (unpaired) electrons.